The van der Waals surface area contributed by atoms with Crippen LogP contribution in [-0.4, -0.2) is 148 Å². The summed E-state index contributed by atoms with van der Waals surface area (Å²) in [5.41, 5.74) is 38.5. The number of carboxylic acids is 1. The Labute approximate surface area is 783 Å². The smallest absolute Gasteiger partial charge is 0.407 e. The number of nitrogens with one attached hydrogen (secondary N) is 3. The lowest BCUT2D eigenvalue weighted by molar-refractivity contribution is -0.137. The van der Waals surface area contributed by atoms with Gasteiger partial charge in [-0.05, 0) is 173 Å². The van der Waals surface area contributed by atoms with Crippen molar-refractivity contribution in [1.82, 2.24) is 49.6 Å². The van der Waals surface area contributed by atoms with Crippen LogP contribution < -0.4 is 50.2 Å². The van der Waals surface area contributed by atoms with Gasteiger partial charge >= 0.3 is 12.1 Å². The van der Waals surface area contributed by atoms with Gasteiger partial charge in [-0.2, -0.15) is 16.9 Å². The Morgan fingerprint density at radius 3 is 2.05 bits per heavy atom. The van der Waals surface area contributed by atoms with Crippen LogP contribution in [0.15, 0.2) is 221 Å². The number of nitrogens with zero attached hydrogens (tertiary/aromatic N) is 8. The van der Waals surface area contributed by atoms with E-state index < -0.39 is 23.6 Å². The first-order valence-electron chi connectivity index (χ1n) is 45.5. The van der Waals surface area contributed by atoms with E-state index in [1.165, 1.54) is 131 Å². The number of likely N-dealkylation sites (tertiary alicyclic amines) is 1. The molecule has 23 nitrogen and oxygen atoms in total. The second kappa shape index (κ2) is 53.2. The number of thioether (sulfide) groups is 3. The fraction of sp³-hybridized carbons (Fsp3) is 0.450. The van der Waals surface area contributed by atoms with Crippen molar-refractivity contribution in [2.45, 2.75) is 250 Å². The normalized spacial score (nSPS) is 17.8. The van der Waals surface area contributed by atoms with E-state index in [-0.39, 0.29) is 63.5 Å². The number of benzene rings is 7. The first-order valence-corrected chi connectivity index (χ1v) is 49.2. The Balaban J connectivity index is 0.000000165. The minimum Gasteiger partial charge on any atom is -0.481 e. The molecule has 692 valence electrons. The third-order valence-electron chi connectivity index (χ3n) is 23.7. The summed E-state index contributed by atoms with van der Waals surface area (Å²) in [6.07, 6.45) is 30.4. The highest BCUT2D eigenvalue weighted by Gasteiger charge is 2.40. The Bertz CT molecular complexity index is 5100. The van der Waals surface area contributed by atoms with E-state index in [1.54, 1.807) is 71.3 Å². The lowest BCUT2D eigenvalue weighted by Crippen LogP contribution is -2.52. The Morgan fingerprint density at radius 2 is 1.40 bits per heavy atom. The summed E-state index contributed by atoms with van der Waals surface area (Å²) in [5, 5.41) is 23.6. The summed E-state index contributed by atoms with van der Waals surface area (Å²) in [6, 6.07) is 59.6. The number of carbonyl (C=O) groups is 4. The number of Topliss-reactive ketones (excluding diaryl/α,β-unsaturated/α-hetero) is 1. The van der Waals surface area contributed by atoms with Gasteiger partial charge in [-0.1, -0.05) is 234 Å². The van der Waals surface area contributed by atoms with E-state index in [4.69, 9.17) is 57.0 Å². The second-order valence-corrected chi connectivity index (χ2v) is 38.8. The molecular formula is C100H131Cl2FN16O7S3. The number of carboxylic acid groups (broad SMARTS) is 1. The van der Waals surface area contributed by atoms with Crippen LogP contribution in [-0.2, 0) is 45.8 Å². The first-order chi connectivity index (χ1) is 62.4. The average Bonchev–Trinajstić information content (AvgIpc) is 1.60. The molecule has 0 spiro atoms. The number of halogens is 3. The Hall–Kier alpha value is -9.39. The predicted molar refractivity (Wildman–Crippen MR) is 526 cm³/mol. The molecule has 2 unspecified atom stereocenters. The number of amides is 2. The third kappa shape index (κ3) is 32.5. The van der Waals surface area contributed by atoms with Gasteiger partial charge in [0.15, 0.2) is 5.78 Å². The molecule has 29 heteroatoms. The SMILES string of the molecule is CC(C)(N)CNc1nccc(-c2c(-c3ccc(F)cc3)c(=O)n3n2CCC3)n1.CCCNC1CCCCCCCCCCC1.COC(=O)N[C@@H]1CS[C@H](CCCCC(=O)O)[C@@H]1N.NC1CCCSc2ccccc21.N[C@H](Cc1ccccc1)C(=O)N1CCC(Cn2cncn2)(c2ccccc2)CC1.Nc1ccccc1SC(CC(=O)c1ccccc1)c1ccc(Cl)c(Cl)c1. The van der Waals surface area contributed by atoms with Crippen LogP contribution in [0.4, 0.5) is 20.8 Å². The fourth-order valence-corrected chi connectivity index (χ4v) is 20.6. The average molecular weight is 1860 g/mol. The van der Waals surface area contributed by atoms with Crippen molar-refractivity contribution in [2.75, 3.05) is 55.8 Å². The van der Waals surface area contributed by atoms with E-state index in [0.717, 1.165) is 85.1 Å². The third-order valence-corrected chi connectivity index (χ3v) is 28.5. The van der Waals surface area contributed by atoms with Crippen LogP contribution in [0.3, 0.4) is 0 Å². The van der Waals surface area contributed by atoms with E-state index in [1.807, 2.05) is 143 Å². The molecule has 129 heavy (non-hydrogen) atoms. The number of anilines is 2. The molecule has 6 atom stereocenters. The number of nitrogens with two attached hydrogens (primary N) is 5. The molecule has 1 aliphatic carbocycles. The standard InChI is InChI=1S/C23H27N5O.C21H17Cl2NOS.C20H23FN6O.C15H31N.C11H20N2O4S.C10H13NS/c24-21(15-19-7-3-1-4-8-19)22(29)27-13-11-23(12-14-27,16-28-18-25-17-26-28)20-9-5-2-6-10-20;22-16-11-10-15(12-17(16)23)21(26-20-9-5-4-8-18(20)24)13-19(25)14-6-2-1-3-7-14;1-20(2,22)12-24-19-23-9-8-15(25-19)17-16(13-4-6-14(21)7-5-13)18(28)27-11-3-10-26(17)27;1-2-14-16-15-12-10-8-6-4-3-5-7-9-11-13-15;1-17-11(16)13-7-6-18-8(10(7)12)4-2-3-5-9(14)15;11-9-5-3-7-12-10-6-2-1-4-8(9)10/h1-10,17-18,21H,11-16,24H2;1-12,21H,13,24H2;4-9H,3,10-12,22H2,1-2H3,(H,23,24,25);15-16H,2-14H2,1H3;7-8,10H,2-6,12H2,1H3,(H,13,16)(H,14,15);1-2,4,6,9H,3,5,7,11H2/t21-;;;;7-,8-,10-;/m1...1./s1. The van der Waals surface area contributed by atoms with Gasteiger partial charge in [0, 0.05) is 118 Å². The maximum absolute atomic E-state index is 13.4. The van der Waals surface area contributed by atoms with Crippen LogP contribution in [0.1, 0.15) is 206 Å². The van der Waals surface area contributed by atoms with Crippen molar-refractivity contribution in [3.63, 3.8) is 0 Å². The number of para-hydroxylation sites is 1. The van der Waals surface area contributed by atoms with Gasteiger partial charge in [0.05, 0.1) is 52.7 Å². The molecule has 3 aromatic heterocycles. The molecule has 14 N–H and O–H groups in total. The van der Waals surface area contributed by atoms with E-state index >= 15 is 0 Å². The topological polar surface area (TPSA) is 351 Å². The van der Waals surface area contributed by atoms with Gasteiger partial charge in [-0.25, -0.2) is 28.8 Å². The Kier molecular flexibility index (Phi) is 42.0. The van der Waals surface area contributed by atoms with Crippen molar-refractivity contribution in [3.05, 3.63) is 261 Å². The predicted octanol–water partition coefficient (Wildman–Crippen LogP) is 19.6. The number of piperidine rings is 1. The number of aromatic nitrogens is 7. The zero-order valence-corrected chi connectivity index (χ0v) is 79.0. The number of carbonyl (C=O) groups excluding carboxylic acids is 3. The number of methoxy groups -OCH3 is 1. The number of rotatable bonds is 26. The van der Waals surface area contributed by atoms with Crippen LogP contribution in [0.5, 0.6) is 0 Å². The molecule has 4 aliphatic heterocycles. The van der Waals surface area contributed by atoms with Crippen molar-refractivity contribution in [2.24, 2.45) is 22.9 Å². The largest absolute Gasteiger partial charge is 0.481 e. The lowest BCUT2D eigenvalue weighted by atomic mass is 9.72. The zero-order chi connectivity index (χ0) is 91.9. The maximum atomic E-state index is 13.4. The maximum Gasteiger partial charge on any atom is 0.407 e. The quantitative estimate of drug-likeness (QED) is 0.0105. The molecule has 15 rings (SSSR count). The van der Waals surface area contributed by atoms with Gasteiger partial charge in [0.25, 0.3) is 5.56 Å². The highest BCUT2D eigenvalue weighted by atomic mass is 35.5. The van der Waals surface area contributed by atoms with Gasteiger partial charge < -0.3 is 59.4 Å². The van der Waals surface area contributed by atoms with Crippen molar-refractivity contribution < 1.29 is 33.4 Å². The van der Waals surface area contributed by atoms with Crippen LogP contribution in [0.2, 0.25) is 10.0 Å². The van der Waals surface area contributed by atoms with Gasteiger partial charge in [-0.15, -0.1) is 23.5 Å². The molecule has 0 bridgehead atoms. The minimum atomic E-state index is -0.761. The van der Waals surface area contributed by atoms with Gasteiger partial charge in [0.1, 0.15) is 18.5 Å². The molecule has 1 saturated carbocycles. The fourth-order valence-electron chi connectivity index (χ4n) is 16.6. The number of hydrogen-bond donors (Lipinski definition) is 9. The number of hydrogen-bond acceptors (Lipinski definition) is 20. The van der Waals surface area contributed by atoms with Crippen LogP contribution in [0, 0.1) is 5.82 Å². The van der Waals surface area contributed by atoms with Gasteiger partial charge in [0.2, 0.25) is 11.9 Å². The number of ether oxygens (including phenoxy) is 1. The zero-order valence-electron chi connectivity index (χ0n) is 75.0. The molecule has 2 saturated heterocycles. The van der Waals surface area contributed by atoms with E-state index in [2.05, 4.69) is 96.2 Å². The number of ketones is 1. The number of alkyl carbamates (subject to hydrolysis) is 1. The molecule has 10 aromatic rings. The highest BCUT2D eigenvalue weighted by Crippen LogP contribution is 2.44. The summed E-state index contributed by atoms with van der Waals surface area (Å²) >= 11 is 17.5. The summed E-state index contributed by atoms with van der Waals surface area (Å²) in [6.45, 7) is 11.4. The monoisotopic (exact) mass is 1850 g/mol. The molecule has 0 radical (unpaired) electrons. The number of aliphatic carboxylic acids is 1. The van der Waals surface area contributed by atoms with Crippen molar-refractivity contribution in [3.8, 4) is 22.5 Å². The lowest BCUT2D eigenvalue weighted by Gasteiger charge is -2.42. The minimum absolute atomic E-state index is 0.0382. The molecule has 2 amide bonds. The Morgan fingerprint density at radius 1 is 0.752 bits per heavy atom. The van der Waals surface area contributed by atoms with Crippen LogP contribution in [0.25, 0.3) is 22.5 Å². The molecule has 7 heterocycles. The summed E-state index contributed by atoms with van der Waals surface area (Å²) < 4.78 is 23.5. The molecule has 3 fully saturated rings. The summed E-state index contributed by atoms with van der Waals surface area (Å²) in [4.78, 5) is 77.4. The molecule has 7 aromatic carbocycles. The van der Waals surface area contributed by atoms with Crippen molar-refractivity contribution in [1.29, 1.82) is 0 Å². The summed E-state index contributed by atoms with van der Waals surface area (Å²) in [5.74, 6) is 1.45. The number of fused-ring (bicyclic) bond motifs is 2. The second-order valence-electron chi connectivity index (χ2n) is 34.3. The first kappa shape index (κ1) is 102. The van der Waals surface area contributed by atoms with E-state index in [9.17, 15) is 28.4 Å². The van der Waals surface area contributed by atoms with Gasteiger partial charge in [-0.3, -0.25) is 28.5 Å². The van der Waals surface area contributed by atoms with Crippen LogP contribution >= 0.6 is 58.5 Å². The highest BCUT2D eigenvalue weighted by molar-refractivity contribution is 8.00. The molecule has 5 aliphatic rings. The van der Waals surface area contributed by atoms with E-state index in [0.29, 0.717) is 89.5 Å². The van der Waals surface area contributed by atoms with Crippen molar-refractivity contribution >= 4 is 93.9 Å². The molecular weight excluding hydrogens is 1720 g/mol. The number of unbranched alkanes of at least 4 members (excludes halogenated alkanes) is 1. The number of nitrogen functional groups attached to an aromatic ring is 1. The summed E-state index contributed by atoms with van der Waals surface area (Å²) in [7, 11) is 1.33.